The Morgan fingerprint density at radius 2 is 1.87 bits per heavy atom. The lowest BCUT2D eigenvalue weighted by atomic mass is 9.85. The van der Waals surface area contributed by atoms with Gasteiger partial charge in [-0.25, -0.2) is 8.42 Å². The molecular formula is C21H23ClN4O4S. The summed E-state index contributed by atoms with van der Waals surface area (Å²) in [7, 11) is -3.49. The zero-order valence-corrected chi connectivity index (χ0v) is 18.9. The minimum absolute atomic E-state index is 0.347. The van der Waals surface area contributed by atoms with Gasteiger partial charge >= 0.3 is 0 Å². The third kappa shape index (κ3) is 4.42. The van der Waals surface area contributed by atoms with Crippen LogP contribution in [0.2, 0.25) is 5.02 Å². The van der Waals surface area contributed by atoms with Gasteiger partial charge in [-0.3, -0.25) is 9.52 Å². The highest BCUT2D eigenvalue weighted by Crippen LogP contribution is 2.37. The fraction of sp³-hybridized carbons (Fsp3) is 0.286. The number of halogens is 1. The molecular weight excluding hydrogens is 440 g/mol. The molecule has 0 bridgehead atoms. The number of aromatic nitrogens is 1. The minimum atomic E-state index is -3.49. The molecule has 1 heterocycles. The number of carbonyl (C=O) groups is 1. The van der Waals surface area contributed by atoms with Gasteiger partial charge in [0.15, 0.2) is 6.17 Å². The number of hydrogen-bond donors (Lipinski definition) is 2. The van der Waals surface area contributed by atoms with Crippen LogP contribution in [-0.4, -0.2) is 31.3 Å². The molecule has 0 aliphatic heterocycles. The van der Waals surface area contributed by atoms with Crippen LogP contribution in [0.15, 0.2) is 59.9 Å². The van der Waals surface area contributed by atoms with Crippen LogP contribution in [0.1, 0.15) is 25.8 Å². The summed E-state index contributed by atoms with van der Waals surface area (Å²) >= 11 is 6.06. The first-order chi connectivity index (χ1) is 14.6. The number of rotatable bonds is 8. The lowest BCUT2D eigenvalue weighted by Gasteiger charge is -2.35. The van der Waals surface area contributed by atoms with Gasteiger partial charge in [-0.1, -0.05) is 36.7 Å². The molecule has 0 aliphatic rings. The van der Waals surface area contributed by atoms with E-state index in [1.165, 1.54) is 6.92 Å². The van der Waals surface area contributed by atoms with Crippen LogP contribution < -0.4 is 10.0 Å². The first kappa shape index (κ1) is 22.8. The average Bonchev–Trinajstić information content (AvgIpc) is 3.15. The van der Waals surface area contributed by atoms with E-state index in [4.69, 9.17) is 11.6 Å². The maximum Gasteiger partial charge on any atom is 0.252 e. The molecule has 0 saturated heterocycles. The van der Waals surface area contributed by atoms with E-state index < -0.39 is 27.6 Å². The van der Waals surface area contributed by atoms with Crippen LogP contribution in [0, 0.1) is 4.91 Å². The van der Waals surface area contributed by atoms with Gasteiger partial charge in [-0.2, -0.15) is 0 Å². The van der Waals surface area contributed by atoms with Crippen molar-refractivity contribution in [3.63, 3.8) is 0 Å². The SMILES string of the molecule is CCC(C(=O)NC(C)N=O)(c1ccc(Cl)cc1)n1ccc2c(NS(C)(=O)=O)cccc21. The van der Waals surface area contributed by atoms with Gasteiger partial charge in [0.1, 0.15) is 5.54 Å². The van der Waals surface area contributed by atoms with E-state index in [0.717, 1.165) is 6.26 Å². The fourth-order valence-corrected chi connectivity index (χ4v) is 4.47. The summed E-state index contributed by atoms with van der Waals surface area (Å²) in [5.74, 6) is -0.414. The van der Waals surface area contributed by atoms with Crippen molar-refractivity contribution in [2.45, 2.75) is 32.0 Å². The summed E-state index contributed by atoms with van der Waals surface area (Å²) in [5, 5.41) is 6.71. The Hall–Kier alpha value is -2.91. The summed E-state index contributed by atoms with van der Waals surface area (Å²) in [5.41, 5.74) is 0.485. The Morgan fingerprint density at radius 1 is 1.19 bits per heavy atom. The molecule has 164 valence electrons. The number of fused-ring (bicyclic) bond motifs is 1. The Morgan fingerprint density at radius 3 is 2.45 bits per heavy atom. The van der Waals surface area contributed by atoms with Crippen molar-refractivity contribution in [3.8, 4) is 0 Å². The second kappa shape index (κ2) is 8.68. The largest absolute Gasteiger partial charge is 0.329 e. The van der Waals surface area contributed by atoms with E-state index in [0.29, 0.717) is 33.6 Å². The maximum atomic E-state index is 13.5. The molecule has 1 aromatic heterocycles. The average molecular weight is 463 g/mol. The number of nitroso groups, excluding NO2 is 1. The van der Waals surface area contributed by atoms with Crippen molar-refractivity contribution in [3.05, 3.63) is 70.2 Å². The molecule has 2 aromatic carbocycles. The zero-order chi connectivity index (χ0) is 22.8. The second-order valence-corrected chi connectivity index (χ2v) is 9.46. The van der Waals surface area contributed by atoms with Crippen LogP contribution in [0.5, 0.6) is 0 Å². The van der Waals surface area contributed by atoms with Gasteiger partial charge in [0.25, 0.3) is 5.91 Å². The summed E-state index contributed by atoms with van der Waals surface area (Å²) in [6.07, 6.45) is 2.23. The first-order valence-corrected chi connectivity index (χ1v) is 11.9. The third-order valence-corrected chi connectivity index (χ3v) is 5.99. The smallest absolute Gasteiger partial charge is 0.252 e. The van der Waals surface area contributed by atoms with Gasteiger partial charge in [0.2, 0.25) is 10.0 Å². The Balaban J connectivity index is 2.28. The molecule has 2 N–H and O–H groups in total. The van der Waals surface area contributed by atoms with Crippen LogP contribution in [-0.2, 0) is 20.4 Å². The molecule has 10 heteroatoms. The number of amides is 1. The molecule has 8 nitrogen and oxygen atoms in total. The van der Waals surface area contributed by atoms with E-state index in [2.05, 4.69) is 15.2 Å². The van der Waals surface area contributed by atoms with Crippen LogP contribution in [0.4, 0.5) is 5.69 Å². The van der Waals surface area contributed by atoms with Crippen molar-refractivity contribution in [2.24, 2.45) is 5.18 Å². The Bertz CT molecular complexity index is 1220. The molecule has 31 heavy (non-hydrogen) atoms. The van der Waals surface area contributed by atoms with Crippen LogP contribution >= 0.6 is 11.6 Å². The van der Waals surface area contributed by atoms with Crippen molar-refractivity contribution < 1.29 is 13.2 Å². The fourth-order valence-electron chi connectivity index (χ4n) is 3.76. The summed E-state index contributed by atoms with van der Waals surface area (Å²) in [6, 6.07) is 13.8. The molecule has 3 aromatic rings. The summed E-state index contributed by atoms with van der Waals surface area (Å²) < 4.78 is 27.9. The van der Waals surface area contributed by atoms with E-state index in [1.54, 1.807) is 59.3 Å². The van der Waals surface area contributed by atoms with Gasteiger partial charge in [-0.05, 0) is 54.4 Å². The topological polar surface area (TPSA) is 110 Å². The monoisotopic (exact) mass is 462 g/mol. The first-order valence-electron chi connectivity index (χ1n) is 9.60. The molecule has 0 aliphatic carbocycles. The molecule has 2 unspecified atom stereocenters. The molecule has 0 spiro atoms. The van der Waals surface area contributed by atoms with Crippen LogP contribution in [0.3, 0.4) is 0 Å². The number of carbonyl (C=O) groups excluding carboxylic acids is 1. The number of nitrogens with zero attached hydrogens (tertiary/aromatic N) is 2. The quantitative estimate of drug-likeness (QED) is 0.492. The van der Waals surface area contributed by atoms with E-state index in [1.807, 2.05) is 6.92 Å². The molecule has 1 amide bonds. The summed E-state index contributed by atoms with van der Waals surface area (Å²) in [6.45, 7) is 3.35. The molecule has 0 radical (unpaired) electrons. The standard InChI is InChI=1S/C21H23ClN4O4S/c1-4-21(20(27)23-14(2)24-28,15-8-10-16(22)11-9-15)26-13-12-17-18(25-31(3,29)30)6-5-7-19(17)26/h5-14,25H,4H2,1-3H3,(H,23,27). The second-order valence-electron chi connectivity index (χ2n) is 7.27. The van der Waals surface area contributed by atoms with Gasteiger partial charge < -0.3 is 9.88 Å². The van der Waals surface area contributed by atoms with Gasteiger partial charge in [0.05, 0.1) is 17.5 Å². The molecule has 0 saturated carbocycles. The number of benzene rings is 2. The predicted octanol–water partition coefficient (Wildman–Crippen LogP) is 4.05. The highest BCUT2D eigenvalue weighted by Gasteiger charge is 2.42. The van der Waals surface area contributed by atoms with Gasteiger partial charge in [-0.15, -0.1) is 4.91 Å². The van der Waals surface area contributed by atoms with Crippen molar-refractivity contribution >= 4 is 44.1 Å². The van der Waals surface area contributed by atoms with Crippen molar-refractivity contribution in [1.82, 2.24) is 9.88 Å². The number of anilines is 1. The van der Waals surface area contributed by atoms with E-state index in [9.17, 15) is 18.1 Å². The lowest BCUT2D eigenvalue weighted by Crippen LogP contribution is -2.51. The van der Waals surface area contributed by atoms with Crippen molar-refractivity contribution in [2.75, 3.05) is 11.0 Å². The van der Waals surface area contributed by atoms with Crippen LogP contribution in [0.25, 0.3) is 10.9 Å². The highest BCUT2D eigenvalue weighted by molar-refractivity contribution is 7.92. The number of hydrogen-bond acceptors (Lipinski definition) is 5. The highest BCUT2D eigenvalue weighted by atomic mass is 35.5. The Kier molecular flexibility index (Phi) is 6.38. The van der Waals surface area contributed by atoms with E-state index >= 15 is 0 Å². The number of sulfonamides is 1. The van der Waals surface area contributed by atoms with E-state index in [-0.39, 0.29) is 0 Å². The zero-order valence-electron chi connectivity index (χ0n) is 17.3. The molecule has 3 rings (SSSR count). The normalized spacial score (nSPS) is 14.6. The summed E-state index contributed by atoms with van der Waals surface area (Å²) in [4.78, 5) is 24.5. The Labute approximate surface area is 185 Å². The molecule has 0 fully saturated rings. The third-order valence-electron chi connectivity index (χ3n) is 5.15. The van der Waals surface area contributed by atoms with Gasteiger partial charge in [0, 0.05) is 16.6 Å². The minimum Gasteiger partial charge on any atom is -0.329 e. The molecule has 2 atom stereocenters. The lowest BCUT2D eigenvalue weighted by molar-refractivity contribution is -0.128. The predicted molar refractivity (Wildman–Crippen MR) is 123 cm³/mol. The maximum absolute atomic E-state index is 13.5. The number of nitrogens with one attached hydrogen (secondary N) is 2. The van der Waals surface area contributed by atoms with Crippen molar-refractivity contribution in [1.29, 1.82) is 0 Å².